The highest BCUT2D eigenvalue weighted by Crippen LogP contribution is 2.16. The lowest BCUT2D eigenvalue weighted by molar-refractivity contribution is -0.120. The van der Waals surface area contributed by atoms with E-state index in [0.29, 0.717) is 18.4 Å². The summed E-state index contributed by atoms with van der Waals surface area (Å²) in [5.41, 5.74) is 0. The van der Waals surface area contributed by atoms with Crippen molar-refractivity contribution in [3.8, 4) is 0 Å². The number of amides is 1. The zero-order chi connectivity index (χ0) is 19.0. The molecule has 0 bridgehead atoms. The van der Waals surface area contributed by atoms with Gasteiger partial charge in [-0.2, -0.15) is 0 Å². The van der Waals surface area contributed by atoms with E-state index < -0.39 is 10.0 Å². The van der Waals surface area contributed by atoms with Crippen LogP contribution < -0.4 is 15.4 Å². The molecule has 0 atom stereocenters. The molecule has 0 spiro atoms. The van der Waals surface area contributed by atoms with Crippen molar-refractivity contribution in [1.29, 1.82) is 0 Å². The molecule has 0 unspecified atom stereocenters. The maximum atomic E-state index is 12.1. The van der Waals surface area contributed by atoms with Crippen LogP contribution in [0.2, 0.25) is 0 Å². The monoisotopic (exact) mass is 385 g/mol. The van der Waals surface area contributed by atoms with Crippen molar-refractivity contribution in [3.05, 3.63) is 12.0 Å². The molecule has 0 saturated heterocycles. The SMILES string of the molecule is Cc1nc(S(=O)(=O)NCCC(=O)NCCNC2CCCCCC2)cn1C. The Labute approximate surface area is 156 Å². The first-order chi connectivity index (χ1) is 12.4. The van der Waals surface area contributed by atoms with Crippen LogP contribution in [-0.2, 0) is 21.9 Å². The fourth-order valence-electron chi connectivity index (χ4n) is 3.08. The molecule has 0 aliphatic heterocycles. The number of imidazole rings is 1. The first kappa shape index (κ1) is 20.9. The number of sulfonamides is 1. The van der Waals surface area contributed by atoms with E-state index in [1.54, 1.807) is 18.5 Å². The number of rotatable bonds is 9. The minimum atomic E-state index is -3.68. The summed E-state index contributed by atoms with van der Waals surface area (Å²) in [7, 11) is -1.94. The number of hydrogen-bond acceptors (Lipinski definition) is 5. The number of aromatic nitrogens is 2. The Morgan fingerprint density at radius 1 is 1.19 bits per heavy atom. The zero-order valence-electron chi connectivity index (χ0n) is 15.8. The highest BCUT2D eigenvalue weighted by Gasteiger charge is 2.18. The Bertz CT molecular complexity index is 659. The van der Waals surface area contributed by atoms with Crippen molar-refractivity contribution >= 4 is 15.9 Å². The van der Waals surface area contributed by atoms with Crippen LogP contribution in [0.4, 0.5) is 0 Å². The van der Waals surface area contributed by atoms with E-state index in [2.05, 4.69) is 20.3 Å². The number of hydrogen-bond donors (Lipinski definition) is 3. The number of nitrogens with zero attached hydrogens (tertiary/aromatic N) is 2. The molecule has 9 heteroatoms. The van der Waals surface area contributed by atoms with Gasteiger partial charge in [0.25, 0.3) is 10.0 Å². The number of nitrogens with one attached hydrogen (secondary N) is 3. The van der Waals surface area contributed by atoms with Gasteiger partial charge in [-0.3, -0.25) is 4.79 Å². The molecule has 26 heavy (non-hydrogen) atoms. The van der Waals surface area contributed by atoms with Crippen LogP contribution >= 0.6 is 0 Å². The van der Waals surface area contributed by atoms with Crippen LogP contribution in [0.3, 0.4) is 0 Å². The summed E-state index contributed by atoms with van der Waals surface area (Å²) >= 11 is 0. The lowest BCUT2D eigenvalue weighted by Crippen LogP contribution is -2.38. The van der Waals surface area contributed by atoms with E-state index in [4.69, 9.17) is 0 Å². The van der Waals surface area contributed by atoms with Gasteiger partial charge in [-0.15, -0.1) is 0 Å². The molecule has 1 amide bonds. The maximum Gasteiger partial charge on any atom is 0.259 e. The van der Waals surface area contributed by atoms with Gasteiger partial charge in [0.15, 0.2) is 5.03 Å². The quantitative estimate of drug-likeness (QED) is 0.431. The molecule has 1 fully saturated rings. The van der Waals surface area contributed by atoms with Crippen LogP contribution in [-0.4, -0.2) is 49.6 Å². The normalized spacial score (nSPS) is 16.4. The average Bonchev–Trinajstić information content (AvgIpc) is 2.79. The highest BCUT2D eigenvalue weighted by molar-refractivity contribution is 7.89. The van der Waals surface area contributed by atoms with Gasteiger partial charge in [0.1, 0.15) is 5.82 Å². The minimum absolute atomic E-state index is 0.0227. The van der Waals surface area contributed by atoms with E-state index in [0.717, 1.165) is 6.54 Å². The molecule has 0 radical (unpaired) electrons. The van der Waals surface area contributed by atoms with E-state index >= 15 is 0 Å². The van der Waals surface area contributed by atoms with Crippen LogP contribution in [0.15, 0.2) is 11.2 Å². The van der Waals surface area contributed by atoms with Crippen molar-refractivity contribution in [3.63, 3.8) is 0 Å². The third-order valence-corrected chi connectivity index (χ3v) is 6.07. The third-order valence-electron chi connectivity index (χ3n) is 4.74. The van der Waals surface area contributed by atoms with Gasteiger partial charge in [0.2, 0.25) is 5.91 Å². The van der Waals surface area contributed by atoms with E-state index in [-0.39, 0.29) is 23.9 Å². The standard InChI is InChI=1S/C17H31N5O3S/c1-14-21-17(13-22(14)2)26(24,25)20-10-9-16(23)19-12-11-18-15-7-5-3-4-6-8-15/h13,15,18,20H,3-12H2,1-2H3,(H,19,23). The van der Waals surface area contributed by atoms with Gasteiger partial charge < -0.3 is 15.2 Å². The Morgan fingerprint density at radius 3 is 2.50 bits per heavy atom. The van der Waals surface area contributed by atoms with Crippen LogP contribution in [0.1, 0.15) is 50.8 Å². The summed E-state index contributed by atoms with van der Waals surface area (Å²) < 4.78 is 28.3. The second kappa shape index (κ2) is 10.0. The molecular formula is C17H31N5O3S. The number of carbonyl (C=O) groups is 1. The molecule has 1 heterocycles. The Morgan fingerprint density at radius 2 is 1.88 bits per heavy atom. The van der Waals surface area contributed by atoms with Gasteiger partial charge in [0.05, 0.1) is 0 Å². The van der Waals surface area contributed by atoms with Crippen molar-refractivity contribution in [2.75, 3.05) is 19.6 Å². The van der Waals surface area contributed by atoms with E-state index in [1.807, 2.05) is 0 Å². The summed E-state index contributed by atoms with van der Waals surface area (Å²) in [4.78, 5) is 15.8. The van der Waals surface area contributed by atoms with Crippen molar-refractivity contribution in [2.45, 2.75) is 62.9 Å². The van der Waals surface area contributed by atoms with Crippen LogP contribution in [0, 0.1) is 6.92 Å². The van der Waals surface area contributed by atoms with Crippen molar-refractivity contribution < 1.29 is 13.2 Å². The van der Waals surface area contributed by atoms with Gasteiger partial charge in [0, 0.05) is 45.3 Å². The predicted octanol–water partition coefficient (Wildman–Crippen LogP) is 0.826. The molecular weight excluding hydrogens is 354 g/mol. The molecule has 1 aromatic heterocycles. The fourth-order valence-corrected chi connectivity index (χ4v) is 4.15. The van der Waals surface area contributed by atoms with Gasteiger partial charge >= 0.3 is 0 Å². The molecule has 1 aromatic rings. The summed E-state index contributed by atoms with van der Waals surface area (Å²) in [6, 6.07) is 0.558. The lowest BCUT2D eigenvalue weighted by Gasteiger charge is -2.16. The molecule has 3 N–H and O–H groups in total. The molecule has 148 valence electrons. The highest BCUT2D eigenvalue weighted by atomic mass is 32.2. The summed E-state index contributed by atoms with van der Waals surface area (Å²) in [6.45, 7) is 3.09. The first-order valence-corrected chi connectivity index (χ1v) is 10.9. The number of carbonyl (C=O) groups excluding carboxylic acids is 1. The Hall–Kier alpha value is -1.45. The summed E-state index contributed by atoms with van der Waals surface area (Å²) in [5, 5.41) is 6.29. The van der Waals surface area contributed by atoms with E-state index in [1.165, 1.54) is 44.7 Å². The fraction of sp³-hybridized carbons (Fsp3) is 0.765. The minimum Gasteiger partial charge on any atom is -0.355 e. The molecule has 1 aliphatic carbocycles. The average molecular weight is 386 g/mol. The van der Waals surface area contributed by atoms with Crippen molar-refractivity contribution in [1.82, 2.24) is 24.9 Å². The molecule has 8 nitrogen and oxygen atoms in total. The molecule has 1 aliphatic rings. The Balaban J connectivity index is 1.61. The molecule has 0 aromatic carbocycles. The van der Waals surface area contributed by atoms with Crippen molar-refractivity contribution in [2.24, 2.45) is 7.05 Å². The zero-order valence-corrected chi connectivity index (χ0v) is 16.6. The Kier molecular flexibility index (Phi) is 8.05. The largest absolute Gasteiger partial charge is 0.355 e. The van der Waals surface area contributed by atoms with Gasteiger partial charge in [-0.25, -0.2) is 18.1 Å². The van der Waals surface area contributed by atoms with Gasteiger partial charge in [-0.1, -0.05) is 25.7 Å². The lowest BCUT2D eigenvalue weighted by atomic mass is 10.1. The predicted molar refractivity (Wildman–Crippen MR) is 100 cm³/mol. The maximum absolute atomic E-state index is 12.1. The second-order valence-electron chi connectivity index (χ2n) is 6.88. The second-order valence-corrected chi connectivity index (χ2v) is 8.59. The van der Waals surface area contributed by atoms with Crippen LogP contribution in [0.25, 0.3) is 0 Å². The van der Waals surface area contributed by atoms with Gasteiger partial charge in [-0.05, 0) is 19.8 Å². The summed E-state index contributed by atoms with van der Waals surface area (Å²) in [6.07, 6.45) is 9.18. The molecule has 1 saturated carbocycles. The summed E-state index contributed by atoms with van der Waals surface area (Å²) in [5.74, 6) is 0.455. The molecule has 2 rings (SSSR count). The van der Waals surface area contributed by atoms with E-state index in [9.17, 15) is 13.2 Å². The van der Waals surface area contributed by atoms with Crippen LogP contribution in [0.5, 0.6) is 0 Å². The third kappa shape index (κ3) is 6.69. The topological polar surface area (TPSA) is 105 Å². The number of aryl methyl sites for hydroxylation is 2. The first-order valence-electron chi connectivity index (χ1n) is 9.38. The smallest absolute Gasteiger partial charge is 0.259 e.